The third-order valence-electron chi connectivity index (χ3n) is 3.44. The van der Waals surface area contributed by atoms with Crippen LogP contribution in [0.4, 0.5) is 8.78 Å². The van der Waals surface area contributed by atoms with E-state index in [1.807, 2.05) is 32.0 Å². The Labute approximate surface area is 128 Å². The molecule has 0 amide bonds. The standard InChI is InChI=1S/C17H18ClF2N/c1-3-21-16(13-8-7-11(2)9-14(13)18)10-12-5-4-6-15(19)17(12)20/h4-9,16,21H,3,10H2,1-2H3. The van der Waals surface area contributed by atoms with Gasteiger partial charge in [0.05, 0.1) is 0 Å². The second-order valence-electron chi connectivity index (χ2n) is 5.05. The maximum absolute atomic E-state index is 13.8. The first-order valence-corrected chi connectivity index (χ1v) is 7.33. The molecule has 0 spiro atoms. The lowest BCUT2D eigenvalue weighted by atomic mass is 9.97. The van der Waals surface area contributed by atoms with Crippen molar-refractivity contribution in [1.82, 2.24) is 5.32 Å². The van der Waals surface area contributed by atoms with Gasteiger partial charge in [0.25, 0.3) is 0 Å². The number of aryl methyl sites for hydroxylation is 1. The molecule has 1 nitrogen and oxygen atoms in total. The Balaban J connectivity index is 2.33. The largest absolute Gasteiger partial charge is 0.310 e. The third-order valence-corrected chi connectivity index (χ3v) is 3.76. The van der Waals surface area contributed by atoms with Crippen LogP contribution >= 0.6 is 11.6 Å². The zero-order valence-corrected chi connectivity index (χ0v) is 12.8. The predicted octanol–water partition coefficient (Wildman–Crippen LogP) is 4.82. The quantitative estimate of drug-likeness (QED) is 0.835. The van der Waals surface area contributed by atoms with Gasteiger partial charge in [0, 0.05) is 11.1 Å². The van der Waals surface area contributed by atoms with Gasteiger partial charge in [-0.3, -0.25) is 0 Å². The van der Waals surface area contributed by atoms with Crippen LogP contribution in [-0.4, -0.2) is 6.54 Å². The highest BCUT2D eigenvalue weighted by Crippen LogP contribution is 2.28. The highest BCUT2D eigenvalue weighted by molar-refractivity contribution is 6.31. The van der Waals surface area contributed by atoms with Gasteiger partial charge in [-0.1, -0.05) is 42.8 Å². The zero-order chi connectivity index (χ0) is 15.4. The van der Waals surface area contributed by atoms with Gasteiger partial charge >= 0.3 is 0 Å². The second kappa shape index (κ2) is 7.01. The van der Waals surface area contributed by atoms with E-state index in [2.05, 4.69) is 5.32 Å². The molecule has 0 aliphatic heterocycles. The lowest BCUT2D eigenvalue weighted by molar-refractivity contribution is 0.481. The molecule has 0 heterocycles. The fourth-order valence-electron chi connectivity index (χ4n) is 2.38. The maximum Gasteiger partial charge on any atom is 0.162 e. The third kappa shape index (κ3) is 3.80. The molecule has 0 bridgehead atoms. The van der Waals surface area contributed by atoms with Crippen LogP contribution in [0.25, 0.3) is 0 Å². The molecule has 0 fully saturated rings. The monoisotopic (exact) mass is 309 g/mol. The number of benzene rings is 2. The van der Waals surface area contributed by atoms with E-state index in [-0.39, 0.29) is 6.04 Å². The first kappa shape index (κ1) is 15.9. The van der Waals surface area contributed by atoms with E-state index in [0.717, 1.165) is 17.2 Å². The number of halogens is 3. The van der Waals surface area contributed by atoms with Gasteiger partial charge in [-0.25, -0.2) is 8.78 Å². The van der Waals surface area contributed by atoms with Crippen LogP contribution in [0.2, 0.25) is 5.02 Å². The van der Waals surface area contributed by atoms with Crippen LogP contribution in [0.3, 0.4) is 0 Å². The summed E-state index contributed by atoms with van der Waals surface area (Å²) in [4.78, 5) is 0. The van der Waals surface area contributed by atoms with Crippen molar-refractivity contribution < 1.29 is 8.78 Å². The van der Waals surface area contributed by atoms with Gasteiger partial charge in [-0.2, -0.15) is 0 Å². The van der Waals surface area contributed by atoms with Crippen LogP contribution in [0, 0.1) is 18.6 Å². The molecule has 1 N–H and O–H groups in total. The van der Waals surface area contributed by atoms with Crippen molar-refractivity contribution in [2.75, 3.05) is 6.54 Å². The van der Waals surface area contributed by atoms with Crippen molar-refractivity contribution >= 4 is 11.6 Å². The normalized spacial score (nSPS) is 12.4. The van der Waals surface area contributed by atoms with Gasteiger partial charge in [0.1, 0.15) is 0 Å². The van der Waals surface area contributed by atoms with Gasteiger partial charge in [0.2, 0.25) is 0 Å². The van der Waals surface area contributed by atoms with Crippen molar-refractivity contribution in [3.8, 4) is 0 Å². The molecule has 21 heavy (non-hydrogen) atoms. The lowest BCUT2D eigenvalue weighted by Crippen LogP contribution is -2.23. The van der Waals surface area contributed by atoms with E-state index in [9.17, 15) is 8.78 Å². The van der Waals surface area contributed by atoms with Crippen LogP contribution in [0.15, 0.2) is 36.4 Å². The summed E-state index contributed by atoms with van der Waals surface area (Å²) in [7, 11) is 0. The summed E-state index contributed by atoms with van der Waals surface area (Å²) >= 11 is 6.29. The molecular formula is C17H18ClF2N. The maximum atomic E-state index is 13.8. The topological polar surface area (TPSA) is 12.0 Å². The molecule has 2 rings (SSSR count). The molecule has 1 atom stereocenters. The average molecular weight is 310 g/mol. The highest BCUT2D eigenvalue weighted by Gasteiger charge is 2.17. The minimum atomic E-state index is -0.822. The van der Waals surface area contributed by atoms with Crippen molar-refractivity contribution in [3.05, 3.63) is 69.7 Å². The van der Waals surface area contributed by atoms with Crippen molar-refractivity contribution in [1.29, 1.82) is 0 Å². The molecule has 0 aromatic heterocycles. The Morgan fingerprint density at radius 3 is 2.62 bits per heavy atom. The molecule has 112 valence electrons. The second-order valence-corrected chi connectivity index (χ2v) is 5.46. The first-order valence-electron chi connectivity index (χ1n) is 6.95. The van der Waals surface area contributed by atoms with E-state index < -0.39 is 11.6 Å². The molecule has 0 saturated heterocycles. The van der Waals surface area contributed by atoms with E-state index >= 15 is 0 Å². The van der Waals surface area contributed by atoms with Crippen molar-refractivity contribution in [2.45, 2.75) is 26.3 Å². The molecule has 4 heteroatoms. The smallest absolute Gasteiger partial charge is 0.162 e. The van der Waals surface area contributed by atoms with Gasteiger partial charge in [-0.05, 0) is 48.7 Å². The van der Waals surface area contributed by atoms with Crippen LogP contribution in [0.5, 0.6) is 0 Å². The molecule has 0 aliphatic carbocycles. The highest BCUT2D eigenvalue weighted by atomic mass is 35.5. The minimum absolute atomic E-state index is 0.153. The SMILES string of the molecule is CCNC(Cc1cccc(F)c1F)c1ccc(C)cc1Cl. The summed E-state index contributed by atoms with van der Waals surface area (Å²) in [6, 6.07) is 9.87. The van der Waals surface area contributed by atoms with Gasteiger partial charge < -0.3 is 5.32 Å². The van der Waals surface area contributed by atoms with Gasteiger partial charge in [-0.15, -0.1) is 0 Å². The Kier molecular flexibility index (Phi) is 5.32. The minimum Gasteiger partial charge on any atom is -0.310 e. The van der Waals surface area contributed by atoms with Crippen LogP contribution in [0.1, 0.15) is 29.7 Å². The summed E-state index contributed by atoms with van der Waals surface area (Å²) in [6.07, 6.45) is 0.347. The number of rotatable bonds is 5. The summed E-state index contributed by atoms with van der Waals surface area (Å²) in [6.45, 7) is 4.65. The Morgan fingerprint density at radius 1 is 1.19 bits per heavy atom. The van der Waals surface area contributed by atoms with Crippen molar-refractivity contribution in [3.63, 3.8) is 0 Å². The molecule has 0 aliphatic rings. The predicted molar refractivity (Wildman–Crippen MR) is 82.7 cm³/mol. The van der Waals surface area contributed by atoms with Crippen LogP contribution in [-0.2, 0) is 6.42 Å². The zero-order valence-electron chi connectivity index (χ0n) is 12.1. The Morgan fingerprint density at radius 2 is 1.95 bits per heavy atom. The Bertz CT molecular complexity index is 628. The molecule has 0 saturated carbocycles. The number of hydrogen-bond donors (Lipinski definition) is 1. The molecule has 1 unspecified atom stereocenters. The molecule has 0 radical (unpaired) electrons. The Hall–Kier alpha value is -1.45. The van der Waals surface area contributed by atoms with E-state index in [4.69, 9.17) is 11.6 Å². The molecule has 2 aromatic rings. The number of nitrogens with one attached hydrogen (secondary N) is 1. The van der Waals surface area contributed by atoms with Crippen molar-refractivity contribution in [2.24, 2.45) is 0 Å². The first-order chi connectivity index (χ1) is 10.0. The summed E-state index contributed by atoms with van der Waals surface area (Å²) in [5.74, 6) is -1.61. The van der Waals surface area contributed by atoms with E-state index in [0.29, 0.717) is 23.6 Å². The van der Waals surface area contributed by atoms with Gasteiger partial charge in [0.15, 0.2) is 11.6 Å². The summed E-state index contributed by atoms with van der Waals surface area (Å²) in [5.41, 5.74) is 2.31. The number of hydrogen-bond acceptors (Lipinski definition) is 1. The lowest BCUT2D eigenvalue weighted by Gasteiger charge is -2.20. The fourth-order valence-corrected chi connectivity index (χ4v) is 2.75. The average Bonchev–Trinajstić information content (AvgIpc) is 2.43. The van der Waals surface area contributed by atoms with E-state index in [1.54, 1.807) is 6.07 Å². The summed E-state index contributed by atoms with van der Waals surface area (Å²) in [5, 5.41) is 3.92. The molecule has 2 aromatic carbocycles. The fraction of sp³-hybridized carbons (Fsp3) is 0.294. The summed E-state index contributed by atoms with van der Waals surface area (Å²) < 4.78 is 27.2. The molecular weight excluding hydrogens is 292 g/mol. The van der Waals surface area contributed by atoms with Crippen LogP contribution < -0.4 is 5.32 Å². The number of likely N-dealkylation sites (N-methyl/N-ethyl adjacent to an activating group) is 1. The van der Waals surface area contributed by atoms with E-state index in [1.165, 1.54) is 6.07 Å².